The zero-order valence-corrected chi connectivity index (χ0v) is 9.94. The molecule has 0 radical (unpaired) electrons. The van der Waals surface area contributed by atoms with Crippen molar-refractivity contribution in [3.8, 4) is 5.75 Å². The maximum absolute atomic E-state index is 10.1. The van der Waals surface area contributed by atoms with E-state index in [1.807, 2.05) is 0 Å². The number of rotatable bonds is 3. The van der Waals surface area contributed by atoms with Crippen molar-refractivity contribution in [3.63, 3.8) is 0 Å². The van der Waals surface area contributed by atoms with E-state index in [2.05, 4.69) is 4.98 Å². The van der Waals surface area contributed by atoms with Crippen LogP contribution in [0.15, 0.2) is 18.5 Å². The molecule has 1 saturated heterocycles. The molecule has 2 heterocycles. The van der Waals surface area contributed by atoms with Gasteiger partial charge >= 0.3 is 0 Å². The van der Waals surface area contributed by atoms with Gasteiger partial charge < -0.3 is 14.6 Å². The highest BCUT2D eigenvalue weighted by Crippen LogP contribution is 2.26. The third-order valence-electron chi connectivity index (χ3n) is 2.51. The van der Waals surface area contributed by atoms with Crippen LogP contribution >= 0.6 is 11.8 Å². The molecule has 1 aliphatic rings. The van der Waals surface area contributed by atoms with E-state index in [1.54, 1.807) is 37.3 Å². The van der Waals surface area contributed by atoms with Gasteiger partial charge in [0.05, 0.1) is 26.0 Å². The minimum absolute atomic E-state index is 0.146. The summed E-state index contributed by atoms with van der Waals surface area (Å²) >= 11 is 1.80. The van der Waals surface area contributed by atoms with Crippen LogP contribution < -0.4 is 4.74 Å². The molecule has 4 nitrogen and oxygen atoms in total. The Morgan fingerprint density at radius 1 is 1.62 bits per heavy atom. The van der Waals surface area contributed by atoms with Gasteiger partial charge in [-0.1, -0.05) is 0 Å². The van der Waals surface area contributed by atoms with Crippen molar-refractivity contribution >= 4 is 11.8 Å². The second kappa shape index (κ2) is 5.52. The fourth-order valence-electron chi connectivity index (χ4n) is 1.61. The Kier molecular flexibility index (Phi) is 4.04. The van der Waals surface area contributed by atoms with Crippen molar-refractivity contribution in [2.24, 2.45) is 0 Å². The molecule has 0 bridgehead atoms. The molecule has 16 heavy (non-hydrogen) atoms. The van der Waals surface area contributed by atoms with Crippen molar-refractivity contribution in [3.05, 3.63) is 24.0 Å². The molecule has 5 heteroatoms. The molecular formula is C11H15NO3S. The van der Waals surface area contributed by atoms with Gasteiger partial charge in [-0.25, -0.2) is 0 Å². The van der Waals surface area contributed by atoms with E-state index in [-0.39, 0.29) is 6.10 Å². The van der Waals surface area contributed by atoms with E-state index in [9.17, 15) is 5.11 Å². The lowest BCUT2D eigenvalue weighted by atomic mass is 10.1. The Hall–Kier alpha value is -0.780. The number of aliphatic hydroxyl groups excluding tert-OH is 1. The highest BCUT2D eigenvalue weighted by molar-refractivity contribution is 7.99. The largest absolute Gasteiger partial charge is 0.495 e. The van der Waals surface area contributed by atoms with E-state index >= 15 is 0 Å². The summed E-state index contributed by atoms with van der Waals surface area (Å²) in [5.74, 6) is 2.47. The SMILES string of the molecule is COc1cncc(C(O)C2CSCCO2)c1. The molecule has 1 aromatic rings. The Morgan fingerprint density at radius 3 is 3.19 bits per heavy atom. The fraction of sp³-hybridized carbons (Fsp3) is 0.545. The van der Waals surface area contributed by atoms with Gasteiger partial charge in [0.2, 0.25) is 0 Å². The molecule has 1 aromatic heterocycles. The first-order chi connectivity index (χ1) is 7.81. The molecule has 0 aliphatic carbocycles. The molecule has 2 atom stereocenters. The molecule has 0 amide bonds. The number of thioether (sulfide) groups is 1. The maximum Gasteiger partial charge on any atom is 0.137 e. The molecule has 1 N–H and O–H groups in total. The normalized spacial score (nSPS) is 22.8. The van der Waals surface area contributed by atoms with Gasteiger partial charge in [0.15, 0.2) is 0 Å². The van der Waals surface area contributed by atoms with Crippen LogP contribution in [-0.4, -0.2) is 41.4 Å². The average Bonchev–Trinajstić information content (AvgIpc) is 2.39. The minimum Gasteiger partial charge on any atom is -0.495 e. The third-order valence-corrected chi connectivity index (χ3v) is 3.52. The van der Waals surface area contributed by atoms with E-state index in [0.717, 1.165) is 17.1 Å². The Bertz CT molecular complexity index is 342. The molecule has 88 valence electrons. The molecule has 2 unspecified atom stereocenters. The monoisotopic (exact) mass is 241 g/mol. The Labute approximate surface area is 99.0 Å². The summed E-state index contributed by atoms with van der Waals surface area (Å²) in [6.07, 6.45) is 2.49. The number of nitrogens with zero attached hydrogens (tertiary/aromatic N) is 1. The van der Waals surface area contributed by atoms with Crippen LogP contribution in [0.25, 0.3) is 0 Å². The van der Waals surface area contributed by atoms with Crippen LogP contribution in [0.1, 0.15) is 11.7 Å². The summed E-state index contributed by atoms with van der Waals surface area (Å²) in [6, 6.07) is 1.79. The second-order valence-electron chi connectivity index (χ2n) is 3.59. The molecule has 1 aliphatic heterocycles. The molecular weight excluding hydrogens is 226 g/mol. The lowest BCUT2D eigenvalue weighted by Gasteiger charge is -2.26. The Morgan fingerprint density at radius 2 is 2.50 bits per heavy atom. The molecule has 2 rings (SSSR count). The van der Waals surface area contributed by atoms with Gasteiger partial charge in [-0.3, -0.25) is 4.98 Å². The van der Waals surface area contributed by atoms with Crippen LogP contribution in [0.5, 0.6) is 5.75 Å². The topological polar surface area (TPSA) is 51.6 Å². The van der Waals surface area contributed by atoms with Crippen LogP contribution in [-0.2, 0) is 4.74 Å². The van der Waals surface area contributed by atoms with Crippen molar-refractivity contribution in [1.82, 2.24) is 4.98 Å². The first-order valence-corrected chi connectivity index (χ1v) is 6.33. The number of hydrogen-bond acceptors (Lipinski definition) is 5. The zero-order valence-electron chi connectivity index (χ0n) is 9.13. The standard InChI is InChI=1S/C11H15NO3S/c1-14-9-4-8(5-12-6-9)11(13)10-7-16-3-2-15-10/h4-6,10-11,13H,2-3,7H2,1H3. The average molecular weight is 241 g/mol. The van der Waals surface area contributed by atoms with Gasteiger partial charge in [-0.15, -0.1) is 0 Å². The summed E-state index contributed by atoms with van der Waals surface area (Å²) in [5, 5.41) is 10.1. The third kappa shape index (κ3) is 2.66. The fourth-order valence-corrected chi connectivity index (χ4v) is 2.50. The van der Waals surface area contributed by atoms with Crippen LogP contribution in [0.2, 0.25) is 0 Å². The molecule has 0 aromatic carbocycles. The summed E-state index contributed by atoms with van der Waals surface area (Å²) in [5.41, 5.74) is 0.742. The summed E-state index contributed by atoms with van der Waals surface area (Å²) in [7, 11) is 1.58. The highest BCUT2D eigenvalue weighted by atomic mass is 32.2. The number of hydrogen-bond donors (Lipinski definition) is 1. The smallest absolute Gasteiger partial charge is 0.137 e. The minimum atomic E-state index is -0.629. The number of pyridine rings is 1. The van der Waals surface area contributed by atoms with E-state index in [1.165, 1.54) is 0 Å². The lowest BCUT2D eigenvalue weighted by Crippen LogP contribution is -2.29. The van der Waals surface area contributed by atoms with Crippen molar-refractivity contribution in [2.45, 2.75) is 12.2 Å². The van der Waals surface area contributed by atoms with Crippen molar-refractivity contribution < 1.29 is 14.6 Å². The lowest BCUT2D eigenvalue weighted by molar-refractivity contribution is -0.0229. The van der Waals surface area contributed by atoms with Crippen LogP contribution in [0.4, 0.5) is 0 Å². The van der Waals surface area contributed by atoms with Gasteiger partial charge in [0, 0.05) is 23.3 Å². The summed E-state index contributed by atoms with van der Waals surface area (Å²) in [6.45, 7) is 0.698. The molecule has 1 fully saturated rings. The van der Waals surface area contributed by atoms with Gasteiger partial charge in [-0.05, 0) is 6.07 Å². The maximum atomic E-state index is 10.1. The summed E-state index contributed by atoms with van der Waals surface area (Å²) in [4.78, 5) is 4.02. The quantitative estimate of drug-likeness (QED) is 0.863. The first-order valence-electron chi connectivity index (χ1n) is 5.17. The number of ether oxygens (including phenoxy) is 2. The predicted octanol–water partition coefficient (Wildman–Crippen LogP) is 1.26. The van der Waals surface area contributed by atoms with Crippen molar-refractivity contribution in [2.75, 3.05) is 25.2 Å². The number of aromatic nitrogens is 1. The highest BCUT2D eigenvalue weighted by Gasteiger charge is 2.24. The number of methoxy groups -OCH3 is 1. The van der Waals surface area contributed by atoms with Crippen LogP contribution in [0.3, 0.4) is 0 Å². The summed E-state index contributed by atoms with van der Waals surface area (Å²) < 4.78 is 10.6. The zero-order chi connectivity index (χ0) is 11.4. The predicted molar refractivity (Wildman–Crippen MR) is 62.8 cm³/mol. The van der Waals surface area contributed by atoms with E-state index < -0.39 is 6.10 Å². The second-order valence-corrected chi connectivity index (χ2v) is 4.74. The van der Waals surface area contributed by atoms with E-state index in [4.69, 9.17) is 9.47 Å². The van der Waals surface area contributed by atoms with Gasteiger partial charge in [-0.2, -0.15) is 11.8 Å². The van der Waals surface area contributed by atoms with Crippen molar-refractivity contribution in [1.29, 1.82) is 0 Å². The van der Waals surface area contributed by atoms with Gasteiger partial charge in [0.1, 0.15) is 11.9 Å². The first kappa shape index (κ1) is 11.7. The van der Waals surface area contributed by atoms with E-state index in [0.29, 0.717) is 12.4 Å². The number of aliphatic hydroxyl groups is 1. The Balaban J connectivity index is 2.09. The molecule has 0 saturated carbocycles. The molecule has 0 spiro atoms. The van der Waals surface area contributed by atoms with Crippen LogP contribution in [0, 0.1) is 0 Å². The van der Waals surface area contributed by atoms with Gasteiger partial charge in [0.25, 0.3) is 0 Å².